The highest BCUT2D eigenvalue weighted by Crippen LogP contribution is 2.30. The molecule has 0 aromatic carbocycles. The summed E-state index contributed by atoms with van der Waals surface area (Å²) in [5.74, 6) is 0.324. The van der Waals surface area contributed by atoms with Gasteiger partial charge in [-0.2, -0.15) is 4.98 Å². The topological polar surface area (TPSA) is 89.8 Å². The molecule has 0 unspecified atom stereocenters. The van der Waals surface area contributed by atoms with Gasteiger partial charge < -0.3 is 18.9 Å². The second-order valence-corrected chi connectivity index (χ2v) is 7.20. The van der Waals surface area contributed by atoms with Crippen LogP contribution >= 0.6 is 0 Å². The van der Waals surface area contributed by atoms with Gasteiger partial charge in [-0.3, -0.25) is 14.7 Å². The lowest BCUT2D eigenvalue weighted by Gasteiger charge is -2.33. The van der Waals surface area contributed by atoms with Crippen LogP contribution in [0, 0.1) is 6.92 Å². The van der Waals surface area contributed by atoms with Gasteiger partial charge in [0, 0.05) is 44.0 Å². The number of amides is 2. The summed E-state index contributed by atoms with van der Waals surface area (Å²) in [6, 6.07) is 7.60. The lowest BCUT2D eigenvalue weighted by Crippen LogP contribution is -2.52. The highest BCUT2D eigenvalue weighted by atomic mass is 16.5. The number of anilines is 1. The molecule has 30 heavy (non-hydrogen) atoms. The molecule has 0 radical (unpaired) electrons. The molecule has 0 atom stereocenters. The fourth-order valence-electron chi connectivity index (χ4n) is 3.45. The normalized spacial score (nSPS) is 14.3. The van der Waals surface area contributed by atoms with Crippen molar-refractivity contribution in [2.75, 3.05) is 31.6 Å². The number of nitrogens with zero attached hydrogens (tertiary/aromatic N) is 5. The molecule has 0 N–H and O–H groups in total. The van der Waals surface area contributed by atoms with E-state index in [0.717, 1.165) is 22.3 Å². The fourth-order valence-corrected chi connectivity index (χ4v) is 3.45. The number of carbonyl (C=O) groups is 2. The molecule has 0 saturated carbocycles. The van der Waals surface area contributed by atoms with Gasteiger partial charge in [0.25, 0.3) is 0 Å². The van der Waals surface area contributed by atoms with Crippen molar-refractivity contribution in [3.8, 4) is 5.88 Å². The molecule has 3 aromatic rings. The van der Waals surface area contributed by atoms with E-state index >= 15 is 0 Å². The average Bonchev–Trinajstić information content (AvgIpc) is 3.08. The first-order valence-electron chi connectivity index (χ1n) is 9.60. The third-order valence-electron chi connectivity index (χ3n) is 5.06. The van der Waals surface area contributed by atoms with Gasteiger partial charge in [0.2, 0.25) is 11.8 Å². The maximum Gasteiger partial charge on any atom is 0.410 e. The van der Waals surface area contributed by atoms with E-state index < -0.39 is 6.09 Å². The first kappa shape index (κ1) is 19.7. The van der Waals surface area contributed by atoms with Gasteiger partial charge in [-0.25, -0.2) is 4.79 Å². The summed E-state index contributed by atoms with van der Waals surface area (Å²) in [5.41, 5.74) is 3.39. The number of aromatic nitrogens is 3. The summed E-state index contributed by atoms with van der Waals surface area (Å²) in [5, 5.41) is 0.846. The van der Waals surface area contributed by atoms with Gasteiger partial charge in [0.1, 0.15) is 18.8 Å². The van der Waals surface area contributed by atoms with Gasteiger partial charge in [0.15, 0.2) is 0 Å². The Kier molecular flexibility index (Phi) is 5.26. The predicted molar refractivity (Wildman–Crippen MR) is 110 cm³/mol. The van der Waals surface area contributed by atoms with Crippen molar-refractivity contribution in [2.24, 2.45) is 7.05 Å². The van der Waals surface area contributed by atoms with E-state index in [2.05, 4.69) is 9.97 Å². The minimum absolute atomic E-state index is 0.0127. The van der Waals surface area contributed by atoms with Crippen molar-refractivity contribution in [1.29, 1.82) is 0 Å². The molecule has 1 fully saturated rings. The summed E-state index contributed by atoms with van der Waals surface area (Å²) in [6.07, 6.45) is 3.18. The highest BCUT2D eigenvalue weighted by molar-refractivity contribution is 6.04. The highest BCUT2D eigenvalue weighted by Gasteiger charge is 2.30. The maximum absolute atomic E-state index is 12.6. The molecule has 0 spiro atoms. The van der Waals surface area contributed by atoms with Crippen molar-refractivity contribution < 1.29 is 19.1 Å². The second kappa shape index (κ2) is 8.02. The zero-order valence-electron chi connectivity index (χ0n) is 17.2. The van der Waals surface area contributed by atoms with Gasteiger partial charge in [-0.15, -0.1) is 0 Å². The zero-order valence-corrected chi connectivity index (χ0v) is 17.2. The molecule has 2 amide bonds. The lowest BCUT2D eigenvalue weighted by atomic mass is 10.2. The molecule has 156 valence electrons. The summed E-state index contributed by atoms with van der Waals surface area (Å²) in [6.45, 7) is 3.10. The van der Waals surface area contributed by atoms with Crippen molar-refractivity contribution in [3.05, 3.63) is 47.9 Å². The van der Waals surface area contributed by atoms with Gasteiger partial charge in [0.05, 0.1) is 18.5 Å². The Balaban J connectivity index is 1.53. The van der Waals surface area contributed by atoms with E-state index in [-0.39, 0.29) is 12.5 Å². The smallest absolute Gasteiger partial charge is 0.410 e. The summed E-state index contributed by atoms with van der Waals surface area (Å²) in [4.78, 5) is 36.3. The van der Waals surface area contributed by atoms with E-state index in [4.69, 9.17) is 9.47 Å². The number of fused-ring (bicyclic) bond motifs is 1. The molecule has 9 heteroatoms. The van der Waals surface area contributed by atoms with Gasteiger partial charge in [-0.1, -0.05) is 6.07 Å². The second-order valence-electron chi connectivity index (χ2n) is 7.20. The van der Waals surface area contributed by atoms with Crippen LogP contribution in [-0.2, 0) is 23.2 Å². The number of hydrogen-bond donors (Lipinski definition) is 0. The van der Waals surface area contributed by atoms with Crippen LogP contribution < -0.4 is 9.64 Å². The van der Waals surface area contributed by atoms with Crippen molar-refractivity contribution in [1.82, 2.24) is 19.4 Å². The Morgan fingerprint density at radius 3 is 2.73 bits per heavy atom. The summed E-state index contributed by atoms with van der Waals surface area (Å²) < 4.78 is 12.4. The molecule has 1 aliphatic rings. The minimum Gasteiger partial charge on any atom is -0.471 e. The van der Waals surface area contributed by atoms with Crippen LogP contribution in [-0.4, -0.2) is 58.2 Å². The first-order valence-corrected chi connectivity index (χ1v) is 9.60. The third-order valence-corrected chi connectivity index (χ3v) is 5.06. The average molecular weight is 409 g/mol. The van der Waals surface area contributed by atoms with Crippen LogP contribution in [0.4, 0.5) is 10.5 Å². The third kappa shape index (κ3) is 3.78. The molecular weight excluding hydrogens is 386 g/mol. The van der Waals surface area contributed by atoms with E-state index in [0.29, 0.717) is 31.2 Å². The predicted octanol–water partition coefficient (Wildman–Crippen LogP) is 2.27. The van der Waals surface area contributed by atoms with Crippen LogP contribution in [0.3, 0.4) is 0 Å². The number of aryl methyl sites for hydroxylation is 2. The first-order chi connectivity index (χ1) is 14.5. The van der Waals surface area contributed by atoms with Crippen LogP contribution in [0.5, 0.6) is 5.88 Å². The SMILES string of the molecule is COC(=O)N1CCN(c2cn(C)c3nc(OCc4ccc(C)cn4)ccc23)C(=O)C1. The Hall–Kier alpha value is -3.62. The molecule has 0 aliphatic carbocycles. The number of ether oxygens (including phenoxy) is 2. The quantitative estimate of drug-likeness (QED) is 0.657. The molecule has 1 saturated heterocycles. The van der Waals surface area contributed by atoms with Crippen LogP contribution in [0.2, 0.25) is 0 Å². The minimum atomic E-state index is -0.493. The van der Waals surface area contributed by atoms with Crippen LogP contribution in [0.1, 0.15) is 11.3 Å². The Bertz CT molecular complexity index is 1090. The number of hydrogen-bond acceptors (Lipinski definition) is 6. The molecule has 0 bridgehead atoms. The van der Waals surface area contributed by atoms with E-state index in [1.54, 1.807) is 17.2 Å². The number of carbonyl (C=O) groups excluding carboxylic acids is 2. The Labute approximate surface area is 173 Å². The molecule has 1 aliphatic heterocycles. The van der Waals surface area contributed by atoms with E-state index in [1.165, 1.54) is 12.0 Å². The summed E-state index contributed by atoms with van der Waals surface area (Å²) >= 11 is 0. The maximum atomic E-state index is 12.6. The largest absolute Gasteiger partial charge is 0.471 e. The Morgan fingerprint density at radius 1 is 1.20 bits per heavy atom. The van der Waals surface area contributed by atoms with Gasteiger partial charge in [-0.05, 0) is 24.6 Å². The Morgan fingerprint density at radius 2 is 2.03 bits per heavy atom. The van der Waals surface area contributed by atoms with Crippen molar-refractivity contribution >= 4 is 28.7 Å². The summed E-state index contributed by atoms with van der Waals surface area (Å²) in [7, 11) is 3.18. The van der Waals surface area contributed by atoms with Crippen molar-refractivity contribution in [3.63, 3.8) is 0 Å². The molecule has 4 rings (SSSR count). The molecular formula is C21H23N5O4. The number of rotatable bonds is 4. The monoisotopic (exact) mass is 409 g/mol. The number of methoxy groups -OCH3 is 1. The lowest BCUT2D eigenvalue weighted by molar-refractivity contribution is -0.120. The van der Waals surface area contributed by atoms with E-state index in [1.807, 2.05) is 42.9 Å². The van der Waals surface area contributed by atoms with Crippen LogP contribution in [0.15, 0.2) is 36.7 Å². The number of piperazine rings is 1. The van der Waals surface area contributed by atoms with Gasteiger partial charge >= 0.3 is 6.09 Å². The van der Waals surface area contributed by atoms with Crippen LogP contribution in [0.25, 0.3) is 11.0 Å². The molecule has 4 heterocycles. The number of pyridine rings is 2. The standard InChI is InChI=1S/C21H23N5O4/c1-14-4-5-15(22-10-14)13-30-18-7-6-16-17(11-24(2)20(16)23-18)26-9-8-25(12-19(26)27)21(28)29-3/h4-7,10-11H,8-9,12-13H2,1-3H3. The zero-order chi connectivity index (χ0) is 21.3. The van der Waals surface area contributed by atoms with Crippen molar-refractivity contribution in [2.45, 2.75) is 13.5 Å². The van der Waals surface area contributed by atoms with E-state index in [9.17, 15) is 9.59 Å². The fraction of sp³-hybridized carbons (Fsp3) is 0.333. The molecule has 9 nitrogen and oxygen atoms in total. The molecule has 3 aromatic heterocycles.